The standard InChI is InChI=1S/C18H18N2S/c1-4-10-20(11-5-1)17-13-16(18-9-6-12-21-18)19-15-8-3-2-7-14(15)17/h2-3,6-9,12-13H,1,4-5,10-11H2/p+1. The molecule has 0 spiro atoms. The number of rotatable bonds is 2. The maximum absolute atomic E-state index is 3.59. The molecule has 0 aliphatic carbocycles. The van der Waals surface area contributed by atoms with E-state index in [4.69, 9.17) is 0 Å². The minimum atomic E-state index is 1.18. The summed E-state index contributed by atoms with van der Waals surface area (Å²) in [7, 11) is 0. The van der Waals surface area contributed by atoms with Crippen LogP contribution in [0.5, 0.6) is 0 Å². The number of aromatic nitrogens is 1. The van der Waals surface area contributed by atoms with E-state index < -0.39 is 0 Å². The van der Waals surface area contributed by atoms with Crippen LogP contribution in [0.15, 0.2) is 47.8 Å². The van der Waals surface area contributed by atoms with E-state index in [-0.39, 0.29) is 0 Å². The number of nitrogens with zero attached hydrogens (tertiary/aromatic N) is 1. The molecule has 3 heterocycles. The molecule has 106 valence electrons. The molecule has 2 aromatic heterocycles. The van der Waals surface area contributed by atoms with Gasteiger partial charge in [-0.2, -0.15) is 0 Å². The van der Waals surface area contributed by atoms with Crippen LogP contribution in [0.4, 0.5) is 5.69 Å². The second-order valence-electron chi connectivity index (χ2n) is 5.64. The Morgan fingerprint density at radius 2 is 1.81 bits per heavy atom. The number of hydrogen-bond acceptors (Lipinski definition) is 2. The van der Waals surface area contributed by atoms with Gasteiger partial charge in [-0.25, -0.2) is 4.98 Å². The topological polar surface area (TPSA) is 17.4 Å². The average molecular weight is 295 g/mol. The molecule has 21 heavy (non-hydrogen) atoms. The lowest BCUT2D eigenvalue weighted by atomic mass is 10.1. The highest BCUT2D eigenvalue weighted by Crippen LogP contribution is 2.31. The maximum Gasteiger partial charge on any atom is 0.223 e. The van der Waals surface area contributed by atoms with Crippen molar-refractivity contribution in [3.63, 3.8) is 0 Å². The van der Waals surface area contributed by atoms with Crippen molar-refractivity contribution in [2.75, 3.05) is 18.0 Å². The molecule has 1 saturated heterocycles. The summed E-state index contributed by atoms with van der Waals surface area (Å²) < 4.78 is 0. The summed E-state index contributed by atoms with van der Waals surface area (Å²) in [6, 6.07) is 15.3. The van der Waals surface area contributed by atoms with E-state index >= 15 is 0 Å². The van der Waals surface area contributed by atoms with Gasteiger partial charge in [0.25, 0.3) is 0 Å². The number of thiophene rings is 1. The van der Waals surface area contributed by atoms with E-state index in [0.717, 1.165) is 0 Å². The molecule has 4 rings (SSSR count). The Morgan fingerprint density at radius 1 is 0.952 bits per heavy atom. The monoisotopic (exact) mass is 295 g/mol. The Labute approximate surface area is 129 Å². The first kappa shape index (κ1) is 12.8. The summed E-state index contributed by atoms with van der Waals surface area (Å²) in [5.74, 6) is 0. The Hall–Kier alpha value is -1.87. The highest BCUT2D eigenvalue weighted by atomic mass is 32.1. The molecule has 1 N–H and O–H groups in total. The summed E-state index contributed by atoms with van der Waals surface area (Å²) in [5, 5.41) is 3.47. The van der Waals surface area contributed by atoms with Crippen LogP contribution in [0.25, 0.3) is 21.5 Å². The summed E-state index contributed by atoms with van der Waals surface area (Å²) in [6.07, 6.45) is 3.98. The second kappa shape index (κ2) is 5.49. The molecule has 3 aromatic rings. The van der Waals surface area contributed by atoms with Gasteiger partial charge in [-0.3, -0.25) is 0 Å². The van der Waals surface area contributed by atoms with Gasteiger partial charge in [-0.1, -0.05) is 18.2 Å². The molecule has 1 fully saturated rings. The fourth-order valence-electron chi connectivity index (χ4n) is 3.17. The quantitative estimate of drug-likeness (QED) is 0.686. The van der Waals surface area contributed by atoms with Gasteiger partial charge < -0.3 is 4.90 Å². The smallest absolute Gasteiger partial charge is 0.223 e. The fourth-order valence-corrected chi connectivity index (χ4v) is 3.87. The van der Waals surface area contributed by atoms with Crippen molar-refractivity contribution in [2.24, 2.45) is 0 Å². The third-order valence-electron chi connectivity index (χ3n) is 4.24. The van der Waals surface area contributed by atoms with Gasteiger partial charge in [0.1, 0.15) is 0 Å². The molecule has 1 aromatic carbocycles. The first-order valence-electron chi connectivity index (χ1n) is 7.66. The second-order valence-corrected chi connectivity index (χ2v) is 6.59. The zero-order valence-electron chi connectivity index (χ0n) is 12.0. The van der Waals surface area contributed by atoms with Crippen molar-refractivity contribution in [1.82, 2.24) is 0 Å². The normalized spacial score (nSPS) is 15.5. The van der Waals surface area contributed by atoms with Crippen LogP contribution in [0.1, 0.15) is 19.3 Å². The Kier molecular flexibility index (Phi) is 3.36. The van der Waals surface area contributed by atoms with Gasteiger partial charge in [-0.05, 0) is 36.8 Å². The van der Waals surface area contributed by atoms with Crippen LogP contribution in [0.2, 0.25) is 0 Å². The highest BCUT2D eigenvalue weighted by molar-refractivity contribution is 7.13. The number of piperidine rings is 1. The number of fused-ring (bicyclic) bond motifs is 1. The predicted octanol–water partition coefficient (Wildman–Crippen LogP) is 4.37. The van der Waals surface area contributed by atoms with E-state index in [0.29, 0.717) is 0 Å². The average Bonchev–Trinajstić information content (AvgIpc) is 3.09. The van der Waals surface area contributed by atoms with Crippen LogP contribution in [0.3, 0.4) is 0 Å². The van der Waals surface area contributed by atoms with Crippen LogP contribution in [-0.4, -0.2) is 13.1 Å². The van der Waals surface area contributed by atoms with Gasteiger partial charge >= 0.3 is 0 Å². The Bertz CT molecular complexity index is 743. The number of H-pyrrole nitrogens is 1. The number of pyridine rings is 1. The summed E-state index contributed by atoms with van der Waals surface area (Å²) in [5.41, 5.74) is 3.83. The first-order valence-corrected chi connectivity index (χ1v) is 8.54. The molecule has 3 heteroatoms. The third kappa shape index (κ3) is 2.42. The number of benzene rings is 1. The maximum atomic E-state index is 3.59. The van der Waals surface area contributed by atoms with Crippen molar-refractivity contribution in [3.05, 3.63) is 47.8 Å². The first-order chi connectivity index (χ1) is 10.4. The molecule has 2 nitrogen and oxygen atoms in total. The number of aromatic amines is 1. The van der Waals surface area contributed by atoms with E-state index in [2.05, 4.69) is 57.7 Å². The highest BCUT2D eigenvalue weighted by Gasteiger charge is 2.19. The van der Waals surface area contributed by atoms with Crippen LogP contribution in [0, 0.1) is 0 Å². The van der Waals surface area contributed by atoms with Crippen molar-refractivity contribution in [2.45, 2.75) is 19.3 Å². The van der Waals surface area contributed by atoms with Gasteiger partial charge in [-0.15, -0.1) is 11.3 Å². The zero-order chi connectivity index (χ0) is 14.1. The third-order valence-corrected chi connectivity index (χ3v) is 5.14. The molecule has 0 unspecified atom stereocenters. The number of nitrogens with one attached hydrogen (secondary N) is 1. The predicted molar refractivity (Wildman–Crippen MR) is 89.9 cm³/mol. The molecule has 0 radical (unpaired) electrons. The van der Waals surface area contributed by atoms with Crippen molar-refractivity contribution >= 4 is 27.9 Å². The lowest BCUT2D eigenvalue weighted by Gasteiger charge is -2.29. The Balaban J connectivity index is 1.90. The molecular weight excluding hydrogens is 276 g/mol. The number of hydrogen-bond donors (Lipinski definition) is 0. The van der Waals surface area contributed by atoms with Gasteiger partial charge in [0.2, 0.25) is 11.2 Å². The molecular formula is C18H19N2S+. The lowest BCUT2D eigenvalue weighted by molar-refractivity contribution is -0.330. The molecule has 0 amide bonds. The Morgan fingerprint density at radius 3 is 2.62 bits per heavy atom. The van der Waals surface area contributed by atoms with Crippen molar-refractivity contribution in [3.8, 4) is 10.6 Å². The van der Waals surface area contributed by atoms with Crippen LogP contribution >= 0.6 is 11.3 Å². The molecule has 1 aliphatic rings. The fraction of sp³-hybridized carbons (Fsp3) is 0.278. The van der Waals surface area contributed by atoms with E-state index in [9.17, 15) is 0 Å². The van der Waals surface area contributed by atoms with Gasteiger partial charge in [0.15, 0.2) is 0 Å². The van der Waals surface area contributed by atoms with E-state index in [1.807, 2.05) is 0 Å². The largest absolute Gasteiger partial charge is 0.371 e. The molecule has 0 bridgehead atoms. The molecule has 0 saturated carbocycles. The summed E-state index contributed by atoms with van der Waals surface area (Å²) in [6.45, 7) is 2.36. The van der Waals surface area contributed by atoms with Gasteiger partial charge in [0, 0.05) is 25.2 Å². The van der Waals surface area contributed by atoms with E-state index in [1.165, 1.54) is 59.5 Å². The number of para-hydroxylation sites is 1. The summed E-state index contributed by atoms with van der Waals surface area (Å²) >= 11 is 1.79. The number of anilines is 1. The lowest BCUT2D eigenvalue weighted by Crippen LogP contribution is -2.30. The van der Waals surface area contributed by atoms with Crippen molar-refractivity contribution < 1.29 is 4.98 Å². The van der Waals surface area contributed by atoms with Crippen LogP contribution in [-0.2, 0) is 0 Å². The van der Waals surface area contributed by atoms with Crippen LogP contribution < -0.4 is 9.88 Å². The van der Waals surface area contributed by atoms with E-state index in [1.54, 1.807) is 11.3 Å². The van der Waals surface area contributed by atoms with Crippen molar-refractivity contribution in [1.29, 1.82) is 0 Å². The minimum Gasteiger partial charge on any atom is -0.371 e. The SMILES string of the molecule is c1csc(-c2cc(N3CCCCC3)c3ccccc3[nH+]2)c1. The molecule has 0 atom stereocenters. The zero-order valence-corrected chi connectivity index (χ0v) is 12.8. The van der Waals surface area contributed by atoms with Gasteiger partial charge in [0.05, 0.1) is 16.0 Å². The minimum absolute atomic E-state index is 1.18. The summed E-state index contributed by atoms with van der Waals surface area (Å²) in [4.78, 5) is 7.45. The molecule has 1 aliphatic heterocycles.